The summed E-state index contributed by atoms with van der Waals surface area (Å²) in [6.45, 7) is 5.80. The van der Waals surface area contributed by atoms with Gasteiger partial charge in [0.25, 0.3) is 0 Å². The zero-order chi connectivity index (χ0) is 14.5. The fraction of sp³-hybridized carbons (Fsp3) is 0.214. The van der Waals surface area contributed by atoms with Crippen LogP contribution in [0.5, 0.6) is 0 Å². The highest BCUT2D eigenvalue weighted by molar-refractivity contribution is 6.30. The van der Waals surface area contributed by atoms with Gasteiger partial charge in [0.1, 0.15) is 6.54 Å². The third-order valence-corrected chi connectivity index (χ3v) is 2.94. The highest BCUT2D eigenvalue weighted by atomic mass is 35.5. The molecule has 104 valence electrons. The van der Waals surface area contributed by atoms with E-state index in [1.807, 2.05) is 12.1 Å². The van der Waals surface area contributed by atoms with Gasteiger partial charge in [0.2, 0.25) is 17.6 Å². The molecule has 1 heterocycles. The van der Waals surface area contributed by atoms with Gasteiger partial charge in [-0.05, 0) is 24.3 Å². The van der Waals surface area contributed by atoms with Crippen LogP contribution < -0.4 is 0 Å². The fourth-order valence-corrected chi connectivity index (χ4v) is 1.78. The molecule has 0 aliphatic rings. The SMILES string of the molecule is C=CCN(Cc1nc(-c2ccc(Cl)cc2)no1)C(C)=O. The topological polar surface area (TPSA) is 59.2 Å². The zero-order valence-corrected chi connectivity index (χ0v) is 11.8. The van der Waals surface area contributed by atoms with Crippen molar-refractivity contribution in [2.75, 3.05) is 6.54 Å². The molecule has 0 aliphatic carbocycles. The molecule has 0 unspecified atom stereocenters. The van der Waals surface area contributed by atoms with Gasteiger partial charge >= 0.3 is 0 Å². The van der Waals surface area contributed by atoms with Crippen molar-refractivity contribution < 1.29 is 9.32 Å². The van der Waals surface area contributed by atoms with E-state index in [2.05, 4.69) is 16.7 Å². The predicted octanol–water partition coefficient (Wildman–Crippen LogP) is 2.92. The molecule has 0 spiro atoms. The molecule has 2 aromatic rings. The van der Waals surface area contributed by atoms with Crippen LogP contribution in [0.3, 0.4) is 0 Å². The van der Waals surface area contributed by atoms with E-state index >= 15 is 0 Å². The van der Waals surface area contributed by atoms with Crippen LogP contribution in [0, 0.1) is 0 Å². The number of carbonyl (C=O) groups is 1. The van der Waals surface area contributed by atoms with Crippen molar-refractivity contribution in [1.82, 2.24) is 15.0 Å². The Hall–Kier alpha value is -2.14. The zero-order valence-electron chi connectivity index (χ0n) is 11.0. The molecule has 0 atom stereocenters. The van der Waals surface area contributed by atoms with Gasteiger partial charge in [0.15, 0.2) is 0 Å². The maximum Gasteiger partial charge on any atom is 0.246 e. The van der Waals surface area contributed by atoms with Gasteiger partial charge in [-0.1, -0.05) is 22.8 Å². The summed E-state index contributed by atoms with van der Waals surface area (Å²) in [5.41, 5.74) is 0.808. The summed E-state index contributed by atoms with van der Waals surface area (Å²) in [6.07, 6.45) is 1.65. The summed E-state index contributed by atoms with van der Waals surface area (Å²) in [5, 5.41) is 4.54. The monoisotopic (exact) mass is 291 g/mol. The molecule has 0 saturated heterocycles. The number of halogens is 1. The molecule has 1 aromatic carbocycles. The van der Waals surface area contributed by atoms with E-state index in [1.54, 1.807) is 23.1 Å². The van der Waals surface area contributed by atoms with Crippen molar-refractivity contribution in [1.29, 1.82) is 0 Å². The van der Waals surface area contributed by atoms with Crippen LogP contribution in [0.4, 0.5) is 0 Å². The van der Waals surface area contributed by atoms with Crippen molar-refractivity contribution in [3.63, 3.8) is 0 Å². The Kier molecular flexibility index (Phi) is 4.53. The third kappa shape index (κ3) is 3.45. The number of nitrogens with zero attached hydrogens (tertiary/aromatic N) is 3. The first kappa shape index (κ1) is 14.3. The number of benzene rings is 1. The minimum atomic E-state index is -0.0730. The molecule has 0 N–H and O–H groups in total. The van der Waals surface area contributed by atoms with Gasteiger partial charge in [-0.3, -0.25) is 4.79 Å². The lowest BCUT2D eigenvalue weighted by Gasteiger charge is -2.16. The molecule has 1 amide bonds. The predicted molar refractivity (Wildman–Crippen MR) is 76.0 cm³/mol. The van der Waals surface area contributed by atoms with Crippen LogP contribution in [-0.4, -0.2) is 27.5 Å². The summed E-state index contributed by atoms with van der Waals surface area (Å²) in [7, 11) is 0. The van der Waals surface area contributed by atoms with Gasteiger partial charge in [0, 0.05) is 24.1 Å². The Balaban J connectivity index is 2.14. The number of aromatic nitrogens is 2. The standard InChI is InChI=1S/C14H14ClN3O2/c1-3-8-18(10(2)19)9-13-16-14(17-20-13)11-4-6-12(15)7-5-11/h3-7H,1,8-9H2,2H3. The fourth-order valence-electron chi connectivity index (χ4n) is 1.66. The summed E-state index contributed by atoms with van der Waals surface area (Å²) >= 11 is 5.82. The van der Waals surface area contributed by atoms with E-state index in [-0.39, 0.29) is 12.5 Å². The minimum Gasteiger partial charge on any atom is -0.337 e. The highest BCUT2D eigenvalue weighted by Gasteiger charge is 2.14. The van der Waals surface area contributed by atoms with Gasteiger partial charge in [-0.15, -0.1) is 6.58 Å². The van der Waals surface area contributed by atoms with E-state index in [1.165, 1.54) is 6.92 Å². The van der Waals surface area contributed by atoms with Gasteiger partial charge in [-0.25, -0.2) is 0 Å². The molecule has 0 radical (unpaired) electrons. The molecule has 2 rings (SSSR count). The number of hydrogen-bond acceptors (Lipinski definition) is 4. The normalized spacial score (nSPS) is 10.3. The lowest BCUT2D eigenvalue weighted by molar-refractivity contribution is -0.129. The molecule has 20 heavy (non-hydrogen) atoms. The van der Waals surface area contributed by atoms with Crippen LogP contribution in [0.25, 0.3) is 11.4 Å². The quantitative estimate of drug-likeness (QED) is 0.795. The van der Waals surface area contributed by atoms with Crippen LogP contribution in [-0.2, 0) is 11.3 Å². The number of carbonyl (C=O) groups excluding carboxylic acids is 1. The third-order valence-electron chi connectivity index (χ3n) is 2.69. The average Bonchev–Trinajstić information content (AvgIpc) is 2.87. The second-order valence-corrected chi connectivity index (χ2v) is 4.64. The largest absolute Gasteiger partial charge is 0.337 e. The molecular formula is C14H14ClN3O2. The second kappa shape index (κ2) is 6.34. The number of amides is 1. The lowest BCUT2D eigenvalue weighted by atomic mass is 10.2. The van der Waals surface area contributed by atoms with E-state index in [0.29, 0.717) is 23.3 Å². The van der Waals surface area contributed by atoms with Crippen molar-refractivity contribution >= 4 is 17.5 Å². The van der Waals surface area contributed by atoms with Crippen LogP contribution >= 0.6 is 11.6 Å². The molecule has 6 heteroatoms. The maximum atomic E-state index is 11.4. The Bertz CT molecular complexity index is 607. The summed E-state index contributed by atoms with van der Waals surface area (Å²) in [6, 6.07) is 7.13. The molecule has 1 aromatic heterocycles. The van der Waals surface area contributed by atoms with E-state index in [4.69, 9.17) is 16.1 Å². The van der Waals surface area contributed by atoms with Crippen molar-refractivity contribution in [3.8, 4) is 11.4 Å². The molecule has 0 aliphatic heterocycles. The summed E-state index contributed by atoms with van der Waals surface area (Å²) < 4.78 is 5.15. The van der Waals surface area contributed by atoms with Gasteiger partial charge in [-0.2, -0.15) is 4.98 Å². The summed E-state index contributed by atoms with van der Waals surface area (Å²) in [4.78, 5) is 17.3. The van der Waals surface area contributed by atoms with Crippen molar-refractivity contribution in [2.24, 2.45) is 0 Å². The summed E-state index contributed by atoms with van der Waals surface area (Å²) in [5.74, 6) is 0.780. The average molecular weight is 292 g/mol. The molecule has 0 bridgehead atoms. The minimum absolute atomic E-state index is 0.0730. The highest BCUT2D eigenvalue weighted by Crippen LogP contribution is 2.19. The molecule has 0 saturated carbocycles. The van der Waals surface area contributed by atoms with Crippen LogP contribution in [0.1, 0.15) is 12.8 Å². The first-order valence-electron chi connectivity index (χ1n) is 6.05. The van der Waals surface area contributed by atoms with Crippen LogP contribution in [0.2, 0.25) is 5.02 Å². The Morgan fingerprint density at radius 1 is 1.45 bits per heavy atom. The van der Waals surface area contributed by atoms with Crippen molar-refractivity contribution in [2.45, 2.75) is 13.5 Å². The van der Waals surface area contributed by atoms with E-state index in [9.17, 15) is 4.79 Å². The Morgan fingerprint density at radius 2 is 2.15 bits per heavy atom. The first-order valence-corrected chi connectivity index (χ1v) is 6.43. The van der Waals surface area contributed by atoms with Gasteiger partial charge < -0.3 is 9.42 Å². The lowest BCUT2D eigenvalue weighted by Crippen LogP contribution is -2.28. The van der Waals surface area contributed by atoms with E-state index < -0.39 is 0 Å². The van der Waals surface area contributed by atoms with Gasteiger partial charge in [0.05, 0.1) is 0 Å². The number of rotatable bonds is 5. The first-order chi connectivity index (χ1) is 9.60. The second-order valence-electron chi connectivity index (χ2n) is 4.21. The van der Waals surface area contributed by atoms with E-state index in [0.717, 1.165) is 5.56 Å². The van der Waals surface area contributed by atoms with Crippen LogP contribution in [0.15, 0.2) is 41.4 Å². The Morgan fingerprint density at radius 3 is 2.75 bits per heavy atom. The molecule has 0 fully saturated rings. The smallest absolute Gasteiger partial charge is 0.246 e. The Labute approximate surface area is 121 Å². The molecule has 5 nitrogen and oxygen atoms in total. The molecular weight excluding hydrogens is 278 g/mol. The van der Waals surface area contributed by atoms with Crippen molar-refractivity contribution in [3.05, 3.63) is 47.8 Å². The number of hydrogen-bond donors (Lipinski definition) is 0. The maximum absolute atomic E-state index is 11.4.